The number of aromatic nitrogens is 2. The number of fused-ring (bicyclic) bond motifs is 1. The van der Waals surface area contributed by atoms with Gasteiger partial charge in [0.1, 0.15) is 0 Å². The molecule has 0 radical (unpaired) electrons. The smallest absolute Gasteiger partial charge is 0.394 e. The monoisotopic (exact) mass is 405 g/mol. The number of nitrogens with zero attached hydrogens (tertiary/aromatic N) is 1. The summed E-state index contributed by atoms with van der Waals surface area (Å²) in [5.41, 5.74) is 1.19. The second-order valence-electron chi connectivity index (χ2n) is 6.78. The van der Waals surface area contributed by atoms with Crippen LogP contribution in [0.5, 0.6) is 5.88 Å². The highest BCUT2D eigenvalue weighted by Gasteiger charge is 2.44. The minimum Gasteiger partial charge on any atom is -0.481 e. The van der Waals surface area contributed by atoms with Crippen molar-refractivity contribution < 1.29 is 17.9 Å². The summed E-state index contributed by atoms with van der Waals surface area (Å²) in [4.78, 5) is 18.4. The third-order valence-corrected chi connectivity index (χ3v) is 4.83. The summed E-state index contributed by atoms with van der Waals surface area (Å²) in [5, 5.41) is 3.70. The van der Waals surface area contributed by atoms with Crippen molar-refractivity contribution in [1.29, 1.82) is 0 Å². The van der Waals surface area contributed by atoms with Crippen LogP contribution in [0.4, 0.5) is 18.9 Å². The van der Waals surface area contributed by atoms with Crippen LogP contribution in [0.15, 0.2) is 53.5 Å². The fourth-order valence-corrected chi connectivity index (χ4v) is 3.42. The molecule has 0 saturated carbocycles. The maximum absolute atomic E-state index is 13.9. The Balaban J connectivity index is 2.08. The van der Waals surface area contributed by atoms with Crippen molar-refractivity contribution in [3.8, 4) is 5.88 Å². The third kappa shape index (κ3) is 4.70. The lowest BCUT2D eigenvalue weighted by molar-refractivity contribution is -0.181. The highest BCUT2D eigenvalue weighted by Crippen LogP contribution is 2.41. The Bertz CT molecular complexity index is 1020. The van der Waals surface area contributed by atoms with E-state index in [1.165, 1.54) is 19.4 Å². The van der Waals surface area contributed by atoms with E-state index < -0.39 is 18.1 Å². The Hall–Kier alpha value is -3.03. The number of hydrogen-bond acceptors (Lipinski definition) is 4. The molecule has 0 saturated heterocycles. The Labute approximate surface area is 165 Å². The largest absolute Gasteiger partial charge is 0.481 e. The van der Waals surface area contributed by atoms with Crippen molar-refractivity contribution in [1.82, 2.24) is 9.97 Å². The van der Waals surface area contributed by atoms with Gasteiger partial charge in [0.2, 0.25) is 11.4 Å². The first-order valence-corrected chi connectivity index (χ1v) is 9.28. The average molecular weight is 405 g/mol. The highest BCUT2D eigenvalue weighted by molar-refractivity contribution is 5.91. The lowest BCUT2D eigenvalue weighted by Crippen LogP contribution is -2.33. The number of halogens is 3. The highest BCUT2D eigenvalue weighted by atomic mass is 19.4. The van der Waals surface area contributed by atoms with Crippen LogP contribution in [0, 0.1) is 5.92 Å². The van der Waals surface area contributed by atoms with E-state index in [0.29, 0.717) is 34.5 Å². The number of methoxy groups -OCH3 is 1. The first-order chi connectivity index (χ1) is 13.8. The predicted octanol–water partition coefficient (Wildman–Crippen LogP) is 5.06. The maximum Gasteiger partial charge on any atom is 0.394 e. The van der Waals surface area contributed by atoms with E-state index >= 15 is 0 Å². The van der Waals surface area contributed by atoms with Crippen molar-refractivity contribution in [2.24, 2.45) is 5.92 Å². The molecule has 5 nitrogen and oxygen atoms in total. The number of pyridine rings is 2. The quantitative estimate of drug-likeness (QED) is 0.576. The van der Waals surface area contributed by atoms with Crippen LogP contribution in [0.25, 0.3) is 10.9 Å². The molecule has 29 heavy (non-hydrogen) atoms. The van der Waals surface area contributed by atoms with E-state index in [2.05, 4.69) is 15.3 Å². The van der Waals surface area contributed by atoms with E-state index in [9.17, 15) is 18.0 Å². The lowest BCUT2D eigenvalue weighted by Gasteiger charge is -2.31. The number of anilines is 1. The summed E-state index contributed by atoms with van der Waals surface area (Å²) < 4.78 is 46.8. The topological polar surface area (TPSA) is 67.0 Å². The maximum atomic E-state index is 13.9. The van der Waals surface area contributed by atoms with Crippen molar-refractivity contribution in [2.75, 3.05) is 12.4 Å². The number of rotatable bonds is 7. The van der Waals surface area contributed by atoms with Crippen LogP contribution < -0.4 is 15.6 Å². The number of H-pyrrole nitrogens is 1. The molecule has 0 fully saturated rings. The predicted molar refractivity (Wildman–Crippen MR) is 106 cm³/mol. The average Bonchev–Trinajstić information content (AvgIpc) is 2.69. The zero-order chi connectivity index (χ0) is 21.0. The summed E-state index contributed by atoms with van der Waals surface area (Å²) in [6.45, 7) is 1.73. The SMILES string of the molecule is CCCC(C(Nc1cccc2[nH]c(=O)ccc12)c1ccc(OC)nc1)C(F)(F)F. The number of benzene rings is 1. The molecule has 2 unspecified atom stereocenters. The zero-order valence-electron chi connectivity index (χ0n) is 16.1. The summed E-state index contributed by atoms with van der Waals surface area (Å²) in [7, 11) is 1.45. The zero-order valence-corrected chi connectivity index (χ0v) is 16.1. The van der Waals surface area contributed by atoms with Gasteiger partial charge in [0.25, 0.3) is 0 Å². The van der Waals surface area contributed by atoms with Gasteiger partial charge in [-0.1, -0.05) is 25.5 Å². The summed E-state index contributed by atoms with van der Waals surface area (Å²) in [6.07, 6.45) is -2.64. The van der Waals surface area contributed by atoms with Gasteiger partial charge < -0.3 is 15.0 Å². The molecule has 154 valence electrons. The minimum atomic E-state index is -4.40. The van der Waals surface area contributed by atoms with E-state index in [4.69, 9.17) is 4.74 Å². The molecule has 8 heteroatoms. The summed E-state index contributed by atoms with van der Waals surface area (Å²) >= 11 is 0. The van der Waals surface area contributed by atoms with Gasteiger partial charge in [-0.15, -0.1) is 0 Å². The molecule has 0 amide bonds. The van der Waals surface area contributed by atoms with Gasteiger partial charge in [-0.05, 0) is 30.2 Å². The number of nitrogens with one attached hydrogen (secondary N) is 2. The number of ether oxygens (including phenoxy) is 1. The Kier molecular flexibility index (Phi) is 6.10. The van der Waals surface area contributed by atoms with Crippen LogP contribution in [0.2, 0.25) is 0 Å². The van der Waals surface area contributed by atoms with Crippen LogP contribution in [0.3, 0.4) is 0 Å². The molecule has 2 N–H and O–H groups in total. The van der Waals surface area contributed by atoms with Crippen LogP contribution in [-0.2, 0) is 0 Å². The molecule has 0 aliphatic heterocycles. The Morgan fingerprint density at radius 3 is 2.59 bits per heavy atom. The minimum absolute atomic E-state index is 0.0329. The second kappa shape index (κ2) is 8.55. The van der Waals surface area contributed by atoms with Crippen LogP contribution in [-0.4, -0.2) is 23.3 Å². The van der Waals surface area contributed by atoms with Gasteiger partial charge >= 0.3 is 6.18 Å². The Morgan fingerprint density at radius 2 is 1.97 bits per heavy atom. The lowest BCUT2D eigenvalue weighted by atomic mass is 9.89. The molecular formula is C21H22F3N3O2. The standard InChI is InChI=1S/C21H22F3N3O2/c1-3-5-15(21(22,23)24)20(13-8-11-19(29-2)25-12-13)27-17-7-4-6-16-14(17)9-10-18(28)26-16/h4,6-12,15,20,27H,3,5H2,1-2H3,(H,26,28). The normalized spacial score (nSPS) is 13.8. The first-order valence-electron chi connectivity index (χ1n) is 9.28. The number of alkyl halides is 3. The van der Waals surface area contributed by atoms with Gasteiger partial charge in [0, 0.05) is 29.4 Å². The molecule has 2 aromatic heterocycles. The number of hydrogen-bond donors (Lipinski definition) is 2. The van der Waals surface area contributed by atoms with Crippen LogP contribution in [0.1, 0.15) is 31.4 Å². The molecule has 3 aromatic rings. The van der Waals surface area contributed by atoms with Crippen molar-refractivity contribution in [3.63, 3.8) is 0 Å². The van der Waals surface area contributed by atoms with Gasteiger partial charge in [-0.25, -0.2) is 4.98 Å². The molecule has 0 spiro atoms. The van der Waals surface area contributed by atoms with E-state index in [1.54, 1.807) is 43.3 Å². The summed E-state index contributed by atoms with van der Waals surface area (Å²) in [5.74, 6) is -1.28. The molecule has 1 aromatic carbocycles. The van der Waals surface area contributed by atoms with Gasteiger partial charge in [-0.3, -0.25) is 4.79 Å². The van der Waals surface area contributed by atoms with E-state index in [0.717, 1.165) is 0 Å². The second-order valence-corrected chi connectivity index (χ2v) is 6.78. The van der Waals surface area contributed by atoms with Crippen molar-refractivity contribution in [3.05, 3.63) is 64.6 Å². The van der Waals surface area contributed by atoms with Gasteiger partial charge in [0.15, 0.2) is 0 Å². The molecule has 3 rings (SSSR count). The molecule has 0 aliphatic rings. The van der Waals surface area contributed by atoms with Gasteiger partial charge in [0.05, 0.1) is 24.6 Å². The fourth-order valence-electron chi connectivity index (χ4n) is 3.42. The molecule has 0 aliphatic carbocycles. The van der Waals surface area contributed by atoms with Gasteiger partial charge in [-0.2, -0.15) is 13.2 Å². The molecule has 0 bridgehead atoms. The van der Waals surface area contributed by atoms with E-state index in [-0.39, 0.29) is 12.0 Å². The Morgan fingerprint density at radius 1 is 1.17 bits per heavy atom. The van der Waals surface area contributed by atoms with E-state index in [1.807, 2.05) is 0 Å². The van der Waals surface area contributed by atoms with Crippen LogP contribution >= 0.6 is 0 Å². The fraction of sp³-hybridized carbons (Fsp3) is 0.333. The molecule has 2 atom stereocenters. The number of aromatic amines is 1. The third-order valence-electron chi connectivity index (χ3n) is 4.83. The molecular weight excluding hydrogens is 383 g/mol. The van der Waals surface area contributed by atoms with Crippen molar-refractivity contribution in [2.45, 2.75) is 32.0 Å². The first kappa shape index (κ1) is 20.7. The summed E-state index contributed by atoms with van der Waals surface area (Å²) in [6, 6.07) is 10.1. The molecule has 2 heterocycles. The van der Waals surface area contributed by atoms with Crippen molar-refractivity contribution >= 4 is 16.6 Å².